The Balaban J connectivity index is 1.84. The topological polar surface area (TPSA) is 20.2 Å². The fourth-order valence-corrected chi connectivity index (χ4v) is 3.92. The zero-order valence-corrected chi connectivity index (χ0v) is 10.9. The molecule has 0 spiro atoms. The summed E-state index contributed by atoms with van der Waals surface area (Å²) in [7, 11) is 0. The maximum atomic E-state index is 10.8. The van der Waals surface area contributed by atoms with Crippen molar-refractivity contribution in [3.05, 3.63) is 0 Å². The molecular formula is C15H28O. The second kappa shape index (κ2) is 5.53. The first-order valence-electron chi connectivity index (χ1n) is 7.47. The van der Waals surface area contributed by atoms with E-state index in [-0.39, 0.29) is 5.60 Å². The third-order valence-corrected chi connectivity index (χ3v) is 5.03. The van der Waals surface area contributed by atoms with Crippen molar-refractivity contribution in [1.29, 1.82) is 0 Å². The van der Waals surface area contributed by atoms with Gasteiger partial charge in [-0.05, 0) is 50.4 Å². The fraction of sp³-hybridized carbons (Fsp3) is 1.00. The first kappa shape index (κ1) is 12.4. The summed E-state index contributed by atoms with van der Waals surface area (Å²) in [6.07, 6.45) is 14.1. The molecule has 0 aromatic heterocycles. The summed E-state index contributed by atoms with van der Waals surface area (Å²) in [4.78, 5) is 0. The molecule has 2 rings (SSSR count). The van der Waals surface area contributed by atoms with Crippen molar-refractivity contribution in [3.8, 4) is 0 Å². The molecule has 0 unspecified atom stereocenters. The van der Waals surface area contributed by atoms with Crippen LogP contribution in [0, 0.1) is 11.8 Å². The van der Waals surface area contributed by atoms with Crippen LogP contribution in [-0.4, -0.2) is 10.7 Å². The first-order chi connectivity index (χ1) is 7.74. The van der Waals surface area contributed by atoms with E-state index in [9.17, 15) is 5.11 Å². The van der Waals surface area contributed by atoms with Crippen LogP contribution < -0.4 is 0 Å². The molecule has 1 nitrogen and oxygen atoms in total. The van der Waals surface area contributed by atoms with Gasteiger partial charge < -0.3 is 5.11 Å². The molecule has 1 heteroatoms. The van der Waals surface area contributed by atoms with Crippen molar-refractivity contribution < 1.29 is 5.11 Å². The number of hydrogen-bond donors (Lipinski definition) is 1. The zero-order valence-electron chi connectivity index (χ0n) is 10.9. The quantitative estimate of drug-likeness (QED) is 0.758. The Kier molecular flexibility index (Phi) is 4.29. The fourth-order valence-electron chi connectivity index (χ4n) is 3.92. The molecule has 2 aliphatic carbocycles. The van der Waals surface area contributed by atoms with Gasteiger partial charge in [-0.25, -0.2) is 0 Å². The third-order valence-electron chi connectivity index (χ3n) is 5.03. The molecule has 0 aromatic carbocycles. The number of aliphatic hydroxyl groups is 1. The zero-order chi connectivity index (χ0) is 11.4. The van der Waals surface area contributed by atoms with E-state index >= 15 is 0 Å². The maximum Gasteiger partial charge on any atom is 0.0676 e. The van der Waals surface area contributed by atoms with Crippen molar-refractivity contribution in [2.75, 3.05) is 0 Å². The van der Waals surface area contributed by atoms with E-state index in [1.54, 1.807) is 0 Å². The molecule has 2 fully saturated rings. The van der Waals surface area contributed by atoms with Crippen molar-refractivity contribution >= 4 is 0 Å². The molecule has 0 aromatic rings. The molecule has 2 saturated carbocycles. The number of hydrogen-bond acceptors (Lipinski definition) is 1. The highest BCUT2D eigenvalue weighted by molar-refractivity contribution is 4.92. The van der Waals surface area contributed by atoms with Crippen molar-refractivity contribution in [2.24, 2.45) is 11.8 Å². The average molecular weight is 224 g/mol. The lowest BCUT2D eigenvalue weighted by Gasteiger charge is -2.43. The van der Waals surface area contributed by atoms with Crippen LogP contribution in [0.5, 0.6) is 0 Å². The van der Waals surface area contributed by atoms with Gasteiger partial charge >= 0.3 is 0 Å². The van der Waals surface area contributed by atoms with Gasteiger partial charge in [-0.3, -0.25) is 0 Å². The molecule has 0 radical (unpaired) electrons. The highest BCUT2D eigenvalue weighted by atomic mass is 16.3. The smallest absolute Gasteiger partial charge is 0.0676 e. The van der Waals surface area contributed by atoms with Gasteiger partial charge in [0.1, 0.15) is 0 Å². The van der Waals surface area contributed by atoms with Crippen LogP contribution in [0.1, 0.15) is 77.6 Å². The van der Waals surface area contributed by atoms with Gasteiger partial charge in [0.2, 0.25) is 0 Å². The van der Waals surface area contributed by atoms with Crippen LogP contribution in [0.15, 0.2) is 0 Å². The molecule has 0 bridgehead atoms. The van der Waals surface area contributed by atoms with Gasteiger partial charge in [0.25, 0.3) is 0 Å². The van der Waals surface area contributed by atoms with Gasteiger partial charge in [-0.2, -0.15) is 0 Å². The second-order valence-corrected chi connectivity index (χ2v) is 6.17. The van der Waals surface area contributed by atoms with Crippen LogP contribution >= 0.6 is 0 Å². The van der Waals surface area contributed by atoms with Crippen molar-refractivity contribution in [1.82, 2.24) is 0 Å². The Bertz CT molecular complexity index is 197. The van der Waals surface area contributed by atoms with Crippen LogP contribution in [0.25, 0.3) is 0 Å². The van der Waals surface area contributed by atoms with Gasteiger partial charge in [0.15, 0.2) is 0 Å². The molecular weight excluding hydrogens is 196 g/mol. The Morgan fingerprint density at radius 3 is 2.19 bits per heavy atom. The van der Waals surface area contributed by atoms with Gasteiger partial charge in [-0.15, -0.1) is 0 Å². The van der Waals surface area contributed by atoms with Crippen molar-refractivity contribution in [3.63, 3.8) is 0 Å². The van der Waals surface area contributed by atoms with Gasteiger partial charge in [0, 0.05) is 0 Å². The summed E-state index contributed by atoms with van der Waals surface area (Å²) in [5.74, 6) is 1.54. The van der Waals surface area contributed by atoms with E-state index in [1.807, 2.05) is 0 Å². The summed E-state index contributed by atoms with van der Waals surface area (Å²) in [5.41, 5.74) is -0.273. The summed E-state index contributed by atoms with van der Waals surface area (Å²) >= 11 is 0. The minimum Gasteiger partial charge on any atom is -0.390 e. The second-order valence-electron chi connectivity index (χ2n) is 6.17. The monoisotopic (exact) mass is 224 g/mol. The van der Waals surface area contributed by atoms with Gasteiger partial charge in [-0.1, -0.05) is 39.0 Å². The molecule has 0 saturated heterocycles. The number of rotatable bonds is 3. The standard InChI is InChI=1S/C15H28O/c1-2-6-13-9-11-15(16,12-10-13)14-7-4-3-5-8-14/h13-14,16H,2-12H2,1H3/t13-,15+. The van der Waals surface area contributed by atoms with E-state index in [2.05, 4.69) is 6.92 Å². The summed E-state index contributed by atoms with van der Waals surface area (Å²) < 4.78 is 0. The largest absolute Gasteiger partial charge is 0.390 e. The molecule has 0 heterocycles. The summed E-state index contributed by atoms with van der Waals surface area (Å²) in [6, 6.07) is 0. The highest BCUT2D eigenvalue weighted by Gasteiger charge is 2.39. The molecule has 2 aliphatic rings. The van der Waals surface area contributed by atoms with E-state index < -0.39 is 0 Å². The molecule has 0 aliphatic heterocycles. The van der Waals surface area contributed by atoms with Gasteiger partial charge in [0.05, 0.1) is 5.60 Å². The summed E-state index contributed by atoms with van der Waals surface area (Å²) in [6.45, 7) is 2.28. The first-order valence-corrected chi connectivity index (χ1v) is 7.47. The molecule has 94 valence electrons. The van der Waals surface area contributed by atoms with Crippen LogP contribution in [0.4, 0.5) is 0 Å². The molecule has 16 heavy (non-hydrogen) atoms. The Hall–Kier alpha value is -0.0400. The lowest BCUT2D eigenvalue weighted by molar-refractivity contribution is -0.0710. The molecule has 1 N–H and O–H groups in total. The maximum absolute atomic E-state index is 10.8. The lowest BCUT2D eigenvalue weighted by atomic mass is 9.67. The van der Waals surface area contributed by atoms with Crippen LogP contribution in [0.2, 0.25) is 0 Å². The minimum absolute atomic E-state index is 0.273. The Morgan fingerprint density at radius 1 is 1.00 bits per heavy atom. The third kappa shape index (κ3) is 2.80. The van der Waals surface area contributed by atoms with Crippen LogP contribution in [-0.2, 0) is 0 Å². The van der Waals surface area contributed by atoms with Crippen LogP contribution in [0.3, 0.4) is 0 Å². The predicted molar refractivity (Wildman–Crippen MR) is 68.4 cm³/mol. The highest BCUT2D eigenvalue weighted by Crippen LogP contribution is 2.43. The van der Waals surface area contributed by atoms with E-state index in [1.165, 1.54) is 57.8 Å². The lowest BCUT2D eigenvalue weighted by Crippen LogP contribution is -2.42. The van der Waals surface area contributed by atoms with Crippen molar-refractivity contribution in [2.45, 2.75) is 83.2 Å². The predicted octanol–water partition coefficient (Wildman–Crippen LogP) is 4.29. The Labute approximate surface area is 101 Å². The van der Waals surface area contributed by atoms with E-state index in [4.69, 9.17) is 0 Å². The average Bonchev–Trinajstić information content (AvgIpc) is 2.34. The minimum atomic E-state index is -0.273. The Morgan fingerprint density at radius 2 is 1.62 bits per heavy atom. The van der Waals surface area contributed by atoms with E-state index in [0.29, 0.717) is 5.92 Å². The molecule has 0 amide bonds. The summed E-state index contributed by atoms with van der Waals surface area (Å²) in [5, 5.41) is 10.8. The molecule has 0 atom stereocenters. The van der Waals surface area contributed by atoms with E-state index in [0.717, 1.165) is 18.8 Å². The SMILES string of the molecule is CCC[C@H]1CC[C@](O)(C2CCCCC2)CC1. The normalized spacial score (nSPS) is 37.5.